The number of hydrogen-bond donors (Lipinski definition) is 1. The molecule has 1 N–H and O–H groups in total. The van der Waals surface area contributed by atoms with Crippen LogP contribution in [0.15, 0.2) is 24.3 Å². The van der Waals surface area contributed by atoms with Crippen LogP contribution in [0.1, 0.15) is 33.6 Å². The van der Waals surface area contributed by atoms with Crippen LogP contribution in [-0.2, 0) is 20.2 Å². The summed E-state index contributed by atoms with van der Waals surface area (Å²) >= 11 is 0. The zero-order chi connectivity index (χ0) is 17.5. The third-order valence-electron chi connectivity index (χ3n) is 4.28. The van der Waals surface area contributed by atoms with E-state index in [2.05, 4.69) is 31.1 Å². The number of benzene rings is 1. The van der Waals surface area contributed by atoms with Gasteiger partial charge in [0.05, 0.1) is 22.5 Å². The van der Waals surface area contributed by atoms with E-state index in [0.717, 1.165) is 11.0 Å². The van der Waals surface area contributed by atoms with E-state index in [-0.39, 0.29) is 35.3 Å². The van der Waals surface area contributed by atoms with Crippen molar-refractivity contribution in [2.45, 2.75) is 39.2 Å². The quantitative estimate of drug-likeness (QED) is 0.923. The lowest BCUT2D eigenvalue weighted by molar-refractivity contribution is -0.117. The zero-order valence-electron chi connectivity index (χ0n) is 14.2. The number of nitrogens with one attached hydrogen (secondary N) is 1. The van der Waals surface area contributed by atoms with Crippen molar-refractivity contribution in [1.82, 2.24) is 9.55 Å². The van der Waals surface area contributed by atoms with Crippen molar-refractivity contribution in [3.63, 3.8) is 0 Å². The molecule has 1 aliphatic rings. The van der Waals surface area contributed by atoms with E-state index in [9.17, 15) is 13.2 Å². The van der Waals surface area contributed by atoms with Crippen LogP contribution in [0.2, 0.25) is 0 Å². The van der Waals surface area contributed by atoms with Crippen LogP contribution in [0.5, 0.6) is 0 Å². The van der Waals surface area contributed by atoms with Gasteiger partial charge in [0, 0.05) is 12.0 Å². The molecule has 6 nitrogen and oxygen atoms in total. The Bertz CT molecular complexity index is 878. The lowest BCUT2D eigenvalue weighted by atomic mass is 10.1. The van der Waals surface area contributed by atoms with Gasteiger partial charge in [-0.3, -0.25) is 10.1 Å². The Morgan fingerprint density at radius 3 is 2.67 bits per heavy atom. The van der Waals surface area contributed by atoms with Gasteiger partial charge in [-0.1, -0.05) is 12.1 Å². The first-order valence-electron chi connectivity index (χ1n) is 8.14. The number of amides is 1. The van der Waals surface area contributed by atoms with Gasteiger partial charge in [-0.2, -0.15) is 0 Å². The van der Waals surface area contributed by atoms with Gasteiger partial charge in [0.25, 0.3) is 0 Å². The minimum atomic E-state index is -2.97. The first-order chi connectivity index (χ1) is 11.2. The molecule has 0 bridgehead atoms. The summed E-state index contributed by atoms with van der Waals surface area (Å²) in [5.41, 5.74) is 1.55. The van der Waals surface area contributed by atoms with Gasteiger partial charge >= 0.3 is 0 Å². The Hall–Kier alpha value is -1.89. The van der Waals surface area contributed by atoms with Crippen LogP contribution >= 0.6 is 0 Å². The summed E-state index contributed by atoms with van der Waals surface area (Å²) in [6.07, 6.45) is 0.776. The number of carbonyl (C=O) groups excluding carboxylic acids is 1. The van der Waals surface area contributed by atoms with Crippen LogP contribution in [0.25, 0.3) is 11.0 Å². The highest BCUT2D eigenvalue weighted by molar-refractivity contribution is 7.91. The van der Waals surface area contributed by atoms with Crippen LogP contribution in [0.3, 0.4) is 0 Å². The molecule has 2 heterocycles. The smallest absolute Gasteiger partial charge is 0.226 e. The fourth-order valence-corrected chi connectivity index (χ4v) is 5.12. The number of carbonyl (C=O) groups is 1. The molecule has 0 saturated carbocycles. The summed E-state index contributed by atoms with van der Waals surface area (Å²) in [4.78, 5) is 16.9. The standard InChI is InChI=1S/C17H23N3O3S/c1-17(2,3)20-14-7-5-4-6-13(14)18-16(20)19-15(21)10-12-8-9-24(22,23)11-12/h4-7,12H,8-11H2,1-3H3,(H,18,19,21)/t12-/m0/s1. The molecule has 0 unspecified atom stereocenters. The first-order valence-corrected chi connectivity index (χ1v) is 9.96. The lowest BCUT2D eigenvalue weighted by Gasteiger charge is -2.24. The third-order valence-corrected chi connectivity index (χ3v) is 6.12. The molecule has 7 heteroatoms. The van der Waals surface area contributed by atoms with Gasteiger partial charge in [0.2, 0.25) is 11.9 Å². The highest BCUT2D eigenvalue weighted by atomic mass is 32.2. The van der Waals surface area contributed by atoms with E-state index in [1.54, 1.807) is 0 Å². The predicted octanol–water partition coefficient (Wildman–Crippen LogP) is 2.55. The second kappa shape index (κ2) is 5.88. The Balaban J connectivity index is 1.83. The number of hydrogen-bond acceptors (Lipinski definition) is 4. The fraction of sp³-hybridized carbons (Fsp3) is 0.529. The van der Waals surface area contributed by atoms with Crippen LogP contribution in [0.4, 0.5) is 5.95 Å². The molecule has 1 amide bonds. The molecule has 1 saturated heterocycles. The van der Waals surface area contributed by atoms with E-state index < -0.39 is 9.84 Å². The average Bonchev–Trinajstić information content (AvgIpc) is 2.97. The van der Waals surface area contributed by atoms with Crippen molar-refractivity contribution in [1.29, 1.82) is 0 Å². The molecule has 1 atom stereocenters. The van der Waals surface area contributed by atoms with E-state index in [1.807, 2.05) is 28.8 Å². The molecular weight excluding hydrogens is 326 g/mol. The molecule has 0 aliphatic carbocycles. The molecule has 1 aromatic heterocycles. The maximum atomic E-state index is 12.4. The number of rotatable bonds is 3. The number of para-hydroxylation sites is 2. The number of imidazole rings is 1. The van der Waals surface area contributed by atoms with Gasteiger partial charge in [-0.05, 0) is 45.2 Å². The minimum Gasteiger partial charge on any atom is -0.305 e. The van der Waals surface area contributed by atoms with Gasteiger partial charge in [-0.15, -0.1) is 0 Å². The molecule has 24 heavy (non-hydrogen) atoms. The van der Waals surface area contributed by atoms with Crippen molar-refractivity contribution < 1.29 is 13.2 Å². The van der Waals surface area contributed by atoms with E-state index in [4.69, 9.17) is 0 Å². The molecule has 3 rings (SSSR count). The molecule has 0 radical (unpaired) electrons. The summed E-state index contributed by atoms with van der Waals surface area (Å²) in [7, 11) is -2.97. The fourth-order valence-electron chi connectivity index (χ4n) is 3.26. The number of anilines is 1. The topological polar surface area (TPSA) is 81.1 Å². The monoisotopic (exact) mass is 349 g/mol. The van der Waals surface area contributed by atoms with Gasteiger partial charge in [0.15, 0.2) is 9.84 Å². The second-order valence-electron chi connectivity index (χ2n) is 7.45. The molecule has 0 spiro atoms. The maximum absolute atomic E-state index is 12.4. The lowest BCUT2D eigenvalue weighted by Crippen LogP contribution is -2.26. The van der Waals surface area contributed by atoms with Gasteiger partial charge < -0.3 is 4.57 Å². The summed E-state index contributed by atoms with van der Waals surface area (Å²) in [5, 5.41) is 2.88. The van der Waals surface area contributed by atoms with Crippen LogP contribution < -0.4 is 5.32 Å². The summed E-state index contributed by atoms with van der Waals surface area (Å²) in [6, 6.07) is 7.75. The Morgan fingerprint density at radius 1 is 1.33 bits per heavy atom. The second-order valence-corrected chi connectivity index (χ2v) is 9.68. The Morgan fingerprint density at radius 2 is 2.04 bits per heavy atom. The maximum Gasteiger partial charge on any atom is 0.226 e. The Labute approximate surface area is 142 Å². The Kier molecular flexibility index (Phi) is 4.15. The van der Waals surface area contributed by atoms with Gasteiger partial charge in [-0.25, -0.2) is 13.4 Å². The predicted molar refractivity (Wildman–Crippen MR) is 94.7 cm³/mol. The molecule has 2 aromatic rings. The van der Waals surface area contributed by atoms with E-state index in [0.29, 0.717) is 12.4 Å². The van der Waals surface area contributed by atoms with Crippen molar-refractivity contribution in [3.05, 3.63) is 24.3 Å². The van der Waals surface area contributed by atoms with Crippen molar-refractivity contribution in [2.75, 3.05) is 16.8 Å². The van der Waals surface area contributed by atoms with E-state index >= 15 is 0 Å². The summed E-state index contributed by atoms with van der Waals surface area (Å²) < 4.78 is 25.1. The molecule has 130 valence electrons. The largest absolute Gasteiger partial charge is 0.305 e. The van der Waals surface area contributed by atoms with Crippen molar-refractivity contribution in [2.24, 2.45) is 5.92 Å². The number of fused-ring (bicyclic) bond motifs is 1. The summed E-state index contributed by atoms with van der Waals surface area (Å²) in [6.45, 7) is 6.17. The molecule has 1 aliphatic heterocycles. The molecule has 1 aromatic carbocycles. The van der Waals surface area contributed by atoms with Crippen LogP contribution in [-0.4, -0.2) is 35.4 Å². The van der Waals surface area contributed by atoms with Gasteiger partial charge in [0.1, 0.15) is 0 Å². The summed E-state index contributed by atoms with van der Waals surface area (Å²) in [5.74, 6) is 0.525. The molecule has 1 fully saturated rings. The molecular formula is C17H23N3O3S. The number of aromatic nitrogens is 2. The zero-order valence-corrected chi connectivity index (χ0v) is 15.1. The van der Waals surface area contributed by atoms with Crippen molar-refractivity contribution in [3.8, 4) is 0 Å². The highest BCUT2D eigenvalue weighted by Gasteiger charge is 2.30. The third kappa shape index (κ3) is 3.45. The highest BCUT2D eigenvalue weighted by Crippen LogP contribution is 2.28. The van der Waals surface area contributed by atoms with Crippen LogP contribution in [0, 0.1) is 5.92 Å². The minimum absolute atomic E-state index is 0.0949. The SMILES string of the molecule is CC(C)(C)n1c(NC(=O)C[C@@H]2CCS(=O)(=O)C2)nc2ccccc21. The number of nitrogens with zero attached hydrogens (tertiary/aromatic N) is 2. The average molecular weight is 349 g/mol. The van der Waals surface area contributed by atoms with Crippen molar-refractivity contribution >= 4 is 32.7 Å². The number of sulfone groups is 1. The first kappa shape index (κ1) is 17.0. The normalized spacial score (nSPS) is 20.4. The van der Waals surface area contributed by atoms with E-state index in [1.165, 1.54) is 0 Å².